The first-order valence-electron chi connectivity index (χ1n) is 10.8. The van der Waals surface area contributed by atoms with Crippen LogP contribution in [-0.2, 0) is 6.54 Å². The fraction of sp³-hybridized carbons (Fsp3) is 0.400. The molecule has 0 saturated heterocycles. The Balaban J connectivity index is 1.73. The normalized spacial score (nSPS) is 16.6. The third kappa shape index (κ3) is 3.91. The van der Waals surface area contributed by atoms with Gasteiger partial charge in [0.2, 0.25) is 0 Å². The molecule has 4 nitrogen and oxygen atoms in total. The smallest absolute Gasteiger partial charge is 0.322 e. The van der Waals surface area contributed by atoms with Gasteiger partial charge in [-0.25, -0.2) is 4.79 Å². The van der Waals surface area contributed by atoms with Crippen LogP contribution in [0.3, 0.4) is 0 Å². The van der Waals surface area contributed by atoms with Gasteiger partial charge in [0, 0.05) is 30.7 Å². The number of fused-ring (bicyclic) bond motifs is 1. The lowest BCUT2D eigenvalue weighted by molar-refractivity contribution is 0.199. The van der Waals surface area contributed by atoms with Crippen LogP contribution >= 0.6 is 11.3 Å². The minimum atomic E-state index is -0.0672. The second-order valence-corrected chi connectivity index (χ2v) is 9.46. The van der Waals surface area contributed by atoms with Gasteiger partial charge in [-0.2, -0.15) is 11.3 Å². The number of para-hydroxylation sites is 1. The molecule has 4 rings (SSSR count). The molecule has 0 bridgehead atoms. The maximum Gasteiger partial charge on any atom is 0.322 e. The first-order valence-corrected chi connectivity index (χ1v) is 11.8. The van der Waals surface area contributed by atoms with E-state index in [-0.39, 0.29) is 12.1 Å². The summed E-state index contributed by atoms with van der Waals surface area (Å²) < 4.78 is 2.29. The quantitative estimate of drug-likeness (QED) is 0.493. The average Bonchev–Trinajstić information content (AvgIpc) is 3.37. The van der Waals surface area contributed by atoms with E-state index < -0.39 is 0 Å². The summed E-state index contributed by atoms with van der Waals surface area (Å²) in [5, 5.41) is 7.59. The van der Waals surface area contributed by atoms with E-state index in [9.17, 15) is 4.79 Å². The van der Waals surface area contributed by atoms with Crippen molar-refractivity contribution in [3.8, 4) is 0 Å². The summed E-state index contributed by atoms with van der Waals surface area (Å²) >= 11 is 1.68. The molecule has 0 spiro atoms. The van der Waals surface area contributed by atoms with Gasteiger partial charge in [-0.05, 0) is 63.9 Å². The zero-order valence-corrected chi connectivity index (χ0v) is 19.1. The Labute approximate surface area is 183 Å². The van der Waals surface area contributed by atoms with Crippen molar-refractivity contribution in [2.75, 3.05) is 11.9 Å². The Hall–Kier alpha value is -2.53. The molecule has 3 aromatic rings. The van der Waals surface area contributed by atoms with Crippen LogP contribution in [0.25, 0.3) is 0 Å². The lowest BCUT2D eigenvalue weighted by Gasteiger charge is -2.31. The Morgan fingerprint density at radius 3 is 2.40 bits per heavy atom. The lowest BCUT2D eigenvalue weighted by atomic mass is 9.92. The van der Waals surface area contributed by atoms with Crippen molar-refractivity contribution in [1.82, 2.24) is 9.47 Å². The summed E-state index contributed by atoms with van der Waals surface area (Å²) in [6, 6.07) is 12.7. The SMILES string of the molecule is CC(C)c1cccc(C(C)C)c1NC(=O)N1CCCn2cccc2[C@@H]1c1ccsc1. The highest BCUT2D eigenvalue weighted by atomic mass is 32.1. The van der Waals surface area contributed by atoms with E-state index in [0.717, 1.165) is 25.2 Å². The topological polar surface area (TPSA) is 37.3 Å². The minimum Gasteiger partial charge on any atom is -0.349 e. The largest absolute Gasteiger partial charge is 0.349 e. The van der Waals surface area contributed by atoms with Gasteiger partial charge in [0.25, 0.3) is 0 Å². The van der Waals surface area contributed by atoms with E-state index in [1.807, 2.05) is 4.90 Å². The molecule has 1 atom stereocenters. The molecule has 2 amide bonds. The number of hydrogen-bond acceptors (Lipinski definition) is 2. The van der Waals surface area contributed by atoms with Crippen molar-refractivity contribution in [3.05, 3.63) is 75.7 Å². The molecule has 3 heterocycles. The van der Waals surface area contributed by atoms with Crippen molar-refractivity contribution < 1.29 is 4.79 Å². The number of nitrogens with zero attached hydrogens (tertiary/aromatic N) is 2. The minimum absolute atomic E-state index is 0.0177. The van der Waals surface area contributed by atoms with E-state index in [1.165, 1.54) is 22.4 Å². The van der Waals surface area contributed by atoms with Gasteiger partial charge in [-0.1, -0.05) is 45.9 Å². The zero-order valence-electron chi connectivity index (χ0n) is 18.3. The lowest BCUT2D eigenvalue weighted by Crippen LogP contribution is -2.39. The number of aromatic nitrogens is 1. The summed E-state index contributed by atoms with van der Waals surface area (Å²) in [6.45, 7) is 10.4. The number of nitrogens with one attached hydrogen (secondary N) is 1. The standard InChI is InChI=1S/C25H31N3OS/c1-17(2)20-8-5-9-21(18(3)4)23(20)26-25(29)28-14-7-13-27-12-6-10-22(27)24(28)19-11-15-30-16-19/h5-6,8-12,15-18,24H,7,13-14H2,1-4H3,(H,26,29)/t24-/m0/s1. The van der Waals surface area contributed by atoms with Crippen molar-refractivity contribution >= 4 is 23.1 Å². The van der Waals surface area contributed by atoms with Crippen LogP contribution in [0, 0.1) is 0 Å². The van der Waals surface area contributed by atoms with Crippen molar-refractivity contribution in [3.63, 3.8) is 0 Å². The van der Waals surface area contributed by atoms with E-state index in [0.29, 0.717) is 11.8 Å². The monoisotopic (exact) mass is 421 g/mol. The molecule has 0 radical (unpaired) electrons. The number of rotatable bonds is 4. The molecule has 1 N–H and O–H groups in total. The van der Waals surface area contributed by atoms with E-state index in [1.54, 1.807) is 11.3 Å². The van der Waals surface area contributed by atoms with Crippen molar-refractivity contribution in [2.24, 2.45) is 0 Å². The van der Waals surface area contributed by atoms with Gasteiger partial charge in [0.15, 0.2) is 0 Å². The predicted molar refractivity (Wildman–Crippen MR) is 126 cm³/mol. The predicted octanol–water partition coefficient (Wildman–Crippen LogP) is 6.82. The number of benzene rings is 1. The molecule has 0 aliphatic carbocycles. The molecule has 5 heteroatoms. The molecule has 1 aromatic carbocycles. The second kappa shape index (κ2) is 8.68. The maximum absolute atomic E-state index is 13.7. The summed E-state index contributed by atoms with van der Waals surface area (Å²) in [6.07, 6.45) is 3.07. The summed E-state index contributed by atoms with van der Waals surface area (Å²) in [7, 11) is 0. The average molecular weight is 422 g/mol. The summed E-state index contributed by atoms with van der Waals surface area (Å²) in [4.78, 5) is 15.7. The van der Waals surface area contributed by atoms with Gasteiger partial charge in [0.05, 0.1) is 6.04 Å². The highest BCUT2D eigenvalue weighted by Crippen LogP contribution is 2.36. The Morgan fingerprint density at radius 1 is 1.03 bits per heavy atom. The Kier molecular flexibility index (Phi) is 6.00. The fourth-order valence-electron chi connectivity index (χ4n) is 4.45. The number of hydrogen-bond donors (Lipinski definition) is 1. The van der Waals surface area contributed by atoms with Crippen molar-refractivity contribution in [1.29, 1.82) is 0 Å². The van der Waals surface area contributed by atoms with Gasteiger partial charge in [-0.3, -0.25) is 0 Å². The highest BCUT2D eigenvalue weighted by Gasteiger charge is 2.31. The first-order chi connectivity index (χ1) is 14.5. The van der Waals surface area contributed by atoms with E-state index in [4.69, 9.17) is 0 Å². The molecule has 158 valence electrons. The third-order valence-corrected chi connectivity index (χ3v) is 6.68. The second-order valence-electron chi connectivity index (χ2n) is 8.68. The molecule has 1 aliphatic rings. The molecule has 0 saturated carbocycles. The number of urea groups is 1. The van der Waals surface area contributed by atoms with E-state index >= 15 is 0 Å². The first kappa shape index (κ1) is 20.7. The summed E-state index contributed by atoms with van der Waals surface area (Å²) in [5.74, 6) is 0.682. The Morgan fingerprint density at radius 2 is 1.77 bits per heavy atom. The number of thiophene rings is 1. The number of carbonyl (C=O) groups is 1. The molecule has 1 aliphatic heterocycles. The van der Waals surface area contributed by atoms with Crippen molar-refractivity contribution in [2.45, 2.75) is 58.5 Å². The van der Waals surface area contributed by atoms with Crippen LogP contribution in [0.2, 0.25) is 0 Å². The van der Waals surface area contributed by atoms with Gasteiger partial charge in [-0.15, -0.1) is 0 Å². The van der Waals surface area contributed by atoms with Crippen LogP contribution in [0.4, 0.5) is 10.5 Å². The molecular formula is C25H31N3OS. The number of aryl methyl sites for hydroxylation is 1. The van der Waals surface area contributed by atoms with Gasteiger partial charge < -0.3 is 14.8 Å². The van der Waals surface area contributed by atoms with Crippen LogP contribution in [-0.4, -0.2) is 22.0 Å². The molecule has 30 heavy (non-hydrogen) atoms. The maximum atomic E-state index is 13.7. The van der Waals surface area contributed by atoms with Crippen LogP contribution in [0.1, 0.15) is 74.4 Å². The Bertz CT molecular complexity index is 977. The van der Waals surface area contributed by atoms with Gasteiger partial charge in [0.1, 0.15) is 0 Å². The number of anilines is 1. The molecule has 0 unspecified atom stereocenters. The van der Waals surface area contributed by atoms with Crippen LogP contribution < -0.4 is 5.32 Å². The molecule has 2 aromatic heterocycles. The van der Waals surface area contributed by atoms with Gasteiger partial charge >= 0.3 is 6.03 Å². The zero-order chi connectivity index (χ0) is 21.3. The fourth-order valence-corrected chi connectivity index (χ4v) is 5.13. The molecular weight excluding hydrogens is 390 g/mol. The summed E-state index contributed by atoms with van der Waals surface area (Å²) in [5.41, 5.74) is 5.73. The van der Waals surface area contributed by atoms with E-state index in [2.05, 4.69) is 90.9 Å². The number of carbonyl (C=O) groups excluding carboxylic acids is 1. The number of amides is 2. The molecule has 0 fully saturated rings. The third-order valence-electron chi connectivity index (χ3n) is 5.98. The highest BCUT2D eigenvalue weighted by molar-refractivity contribution is 7.08. The van der Waals surface area contributed by atoms with Crippen LogP contribution in [0.15, 0.2) is 53.4 Å². The van der Waals surface area contributed by atoms with Crippen LogP contribution in [0.5, 0.6) is 0 Å².